The van der Waals surface area contributed by atoms with Crippen molar-refractivity contribution in [3.63, 3.8) is 0 Å². The first-order valence-electron chi connectivity index (χ1n) is 12.7. The van der Waals surface area contributed by atoms with Gasteiger partial charge in [0.2, 0.25) is 0 Å². The highest BCUT2D eigenvalue weighted by Crippen LogP contribution is 2.48. The predicted molar refractivity (Wildman–Crippen MR) is 149 cm³/mol. The molecule has 0 unspecified atom stereocenters. The van der Waals surface area contributed by atoms with Gasteiger partial charge in [-0.15, -0.1) is 0 Å². The molecule has 7 nitrogen and oxygen atoms in total. The number of rotatable bonds is 8. The molecule has 0 saturated carbocycles. The van der Waals surface area contributed by atoms with Crippen LogP contribution in [0.25, 0.3) is 0 Å². The molecule has 38 heavy (non-hydrogen) atoms. The van der Waals surface area contributed by atoms with Crippen LogP contribution in [0, 0.1) is 0 Å². The van der Waals surface area contributed by atoms with E-state index in [-0.39, 0.29) is 17.8 Å². The molecule has 2 aromatic rings. The van der Waals surface area contributed by atoms with E-state index in [1.807, 2.05) is 57.2 Å². The van der Waals surface area contributed by atoms with Crippen LogP contribution in [0.15, 0.2) is 63.4 Å². The van der Waals surface area contributed by atoms with Gasteiger partial charge >= 0.3 is 5.97 Å². The Morgan fingerprint density at radius 3 is 2.37 bits per heavy atom. The second kappa shape index (κ2) is 11.6. The van der Waals surface area contributed by atoms with Gasteiger partial charge in [0.15, 0.2) is 17.3 Å². The van der Waals surface area contributed by atoms with E-state index in [2.05, 4.69) is 21.2 Å². The number of hydrogen-bond acceptors (Lipinski definition) is 7. The zero-order chi connectivity index (χ0) is 27.6. The molecule has 0 amide bonds. The first-order chi connectivity index (χ1) is 18.2. The van der Waals surface area contributed by atoms with Crippen molar-refractivity contribution < 1.29 is 28.5 Å². The molecule has 2 aromatic carbocycles. The fourth-order valence-electron chi connectivity index (χ4n) is 5.22. The molecule has 0 fully saturated rings. The first kappa shape index (κ1) is 27.8. The maximum absolute atomic E-state index is 13.9. The molecule has 1 aliphatic heterocycles. The summed E-state index contributed by atoms with van der Waals surface area (Å²) in [6.45, 7) is 5.69. The average molecular weight is 585 g/mol. The second-order valence-corrected chi connectivity index (χ2v) is 10.6. The molecule has 3 atom stereocenters. The number of carbonyl (C=O) groups is 2. The Hall–Kier alpha value is -3.26. The fourth-order valence-corrected chi connectivity index (χ4v) is 5.60. The largest absolute Gasteiger partial charge is 0.496 e. The highest BCUT2D eigenvalue weighted by atomic mass is 79.9. The van der Waals surface area contributed by atoms with Crippen LogP contribution in [0.5, 0.6) is 17.2 Å². The van der Waals surface area contributed by atoms with Gasteiger partial charge in [0.05, 0.1) is 38.9 Å². The summed E-state index contributed by atoms with van der Waals surface area (Å²) < 4.78 is 23.2. The molecule has 1 aliphatic carbocycles. The third-order valence-corrected chi connectivity index (χ3v) is 7.81. The van der Waals surface area contributed by atoms with Gasteiger partial charge in [0, 0.05) is 33.4 Å². The minimum absolute atomic E-state index is 0.0214. The Morgan fingerprint density at radius 1 is 1.03 bits per heavy atom. The molecule has 0 saturated heterocycles. The van der Waals surface area contributed by atoms with Gasteiger partial charge < -0.3 is 24.3 Å². The topological polar surface area (TPSA) is 83.1 Å². The Kier molecular flexibility index (Phi) is 8.51. The predicted octanol–water partition coefficient (Wildman–Crippen LogP) is 6.18. The number of esters is 1. The third-order valence-electron chi connectivity index (χ3n) is 7.31. The fraction of sp³-hybridized carbons (Fsp3) is 0.400. The van der Waals surface area contributed by atoms with Gasteiger partial charge in [-0.25, -0.2) is 4.79 Å². The Balaban J connectivity index is 1.82. The molecule has 1 heterocycles. The van der Waals surface area contributed by atoms with Crippen LogP contribution in [0.1, 0.15) is 63.0 Å². The summed E-state index contributed by atoms with van der Waals surface area (Å²) >= 11 is 3.56. The molecule has 8 heteroatoms. The lowest BCUT2D eigenvalue weighted by Gasteiger charge is -2.37. The van der Waals surface area contributed by atoms with E-state index in [1.165, 1.54) is 0 Å². The van der Waals surface area contributed by atoms with Crippen molar-refractivity contribution in [2.45, 2.75) is 58.0 Å². The molecule has 0 spiro atoms. The molecule has 0 radical (unpaired) electrons. The van der Waals surface area contributed by atoms with Crippen molar-refractivity contribution in [1.82, 2.24) is 5.32 Å². The smallest absolute Gasteiger partial charge is 0.337 e. The number of carbonyl (C=O) groups excluding carboxylic acids is 2. The standard InChI is InChI=1S/C30H34BrNO6/c1-7-16(2)38-30(34)27-17(3)32-22-12-19(18-8-10-25(36-5)26(14-18)37-6)13-23(33)29(22)28(27)21-15-20(31)9-11-24(21)35-4/h8-11,14-16,19,28,32H,7,12-13H2,1-6H3/t16-,19-,28+/m1/s1. The van der Waals surface area contributed by atoms with E-state index in [9.17, 15) is 9.59 Å². The van der Waals surface area contributed by atoms with Crippen LogP contribution in [0.3, 0.4) is 0 Å². The number of halogens is 1. The lowest BCUT2D eigenvalue weighted by Crippen LogP contribution is -2.36. The number of dihydropyridines is 1. The molecule has 4 rings (SSSR count). The molecule has 1 N–H and O–H groups in total. The highest BCUT2D eigenvalue weighted by molar-refractivity contribution is 9.10. The van der Waals surface area contributed by atoms with Crippen molar-refractivity contribution in [3.05, 3.63) is 74.5 Å². The monoisotopic (exact) mass is 583 g/mol. The number of ketones is 1. The molecular formula is C30H34BrNO6. The zero-order valence-electron chi connectivity index (χ0n) is 22.6. The van der Waals surface area contributed by atoms with E-state index in [0.717, 1.165) is 21.3 Å². The maximum Gasteiger partial charge on any atom is 0.337 e. The molecule has 0 bridgehead atoms. The van der Waals surface area contributed by atoms with Crippen molar-refractivity contribution in [2.24, 2.45) is 0 Å². The minimum Gasteiger partial charge on any atom is -0.496 e. The number of benzene rings is 2. The number of nitrogens with one attached hydrogen (secondary N) is 1. The summed E-state index contributed by atoms with van der Waals surface area (Å²) in [5, 5.41) is 3.40. The molecule has 0 aromatic heterocycles. The van der Waals surface area contributed by atoms with Gasteiger partial charge in [0.1, 0.15) is 5.75 Å². The second-order valence-electron chi connectivity index (χ2n) is 9.64. The normalized spacial score (nSPS) is 19.9. The maximum atomic E-state index is 13.9. The first-order valence-corrected chi connectivity index (χ1v) is 13.5. The SMILES string of the molecule is CC[C@@H](C)OC(=O)C1=C(C)NC2=C(C(=O)C[C@H](c3ccc(OC)c(OC)c3)C2)[C@H]1c1cc(Br)ccc1OC. The van der Waals surface area contributed by atoms with Crippen LogP contribution >= 0.6 is 15.9 Å². The van der Waals surface area contributed by atoms with Gasteiger partial charge in [-0.1, -0.05) is 28.9 Å². The Labute approximate surface area is 232 Å². The van der Waals surface area contributed by atoms with Gasteiger partial charge in [-0.2, -0.15) is 0 Å². The zero-order valence-corrected chi connectivity index (χ0v) is 24.2. The van der Waals surface area contributed by atoms with E-state index < -0.39 is 11.9 Å². The number of methoxy groups -OCH3 is 3. The summed E-state index contributed by atoms with van der Waals surface area (Å²) in [5.74, 6) is 0.734. The lowest BCUT2D eigenvalue weighted by molar-refractivity contribution is -0.144. The summed E-state index contributed by atoms with van der Waals surface area (Å²) in [7, 11) is 4.79. The van der Waals surface area contributed by atoms with Gasteiger partial charge in [-0.3, -0.25) is 4.79 Å². The molecule has 202 valence electrons. The van der Waals surface area contributed by atoms with E-state index >= 15 is 0 Å². The van der Waals surface area contributed by atoms with Crippen LogP contribution in [0.2, 0.25) is 0 Å². The van der Waals surface area contributed by atoms with Crippen LogP contribution < -0.4 is 19.5 Å². The quantitative estimate of drug-likeness (QED) is 0.371. The van der Waals surface area contributed by atoms with Crippen molar-refractivity contribution >= 4 is 27.7 Å². The minimum atomic E-state index is -0.617. The number of allylic oxidation sites excluding steroid dienone is 3. The summed E-state index contributed by atoms with van der Waals surface area (Å²) in [6.07, 6.45) is 1.35. The van der Waals surface area contributed by atoms with Crippen molar-refractivity contribution in [1.29, 1.82) is 0 Å². The van der Waals surface area contributed by atoms with Crippen LogP contribution in [-0.2, 0) is 14.3 Å². The number of ether oxygens (including phenoxy) is 4. The van der Waals surface area contributed by atoms with E-state index in [1.54, 1.807) is 21.3 Å². The average Bonchev–Trinajstić information content (AvgIpc) is 2.91. The van der Waals surface area contributed by atoms with Crippen molar-refractivity contribution in [2.75, 3.05) is 21.3 Å². The molecular weight excluding hydrogens is 550 g/mol. The summed E-state index contributed by atoms with van der Waals surface area (Å²) in [6, 6.07) is 11.4. The number of Topliss-reactive ketones (excluding diaryl/α,β-unsaturated/α-hetero) is 1. The van der Waals surface area contributed by atoms with E-state index in [4.69, 9.17) is 18.9 Å². The molecule has 2 aliphatic rings. The van der Waals surface area contributed by atoms with Gasteiger partial charge in [-0.05, 0) is 68.5 Å². The summed E-state index contributed by atoms with van der Waals surface area (Å²) in [5.41, 5.74) is 4.22. The Morgan fingerprint density at radius 2 is 1.71 bits per heavy atom. The van der Waals surface area contributed by atoms with E-state index in [0.29, 0.717) is 53.4 Å². The van der Waals surface area contributed by atoms with Crippen molar-refractivity contribution in [3.8, 4) is 17.2 Å². The summed E-state index contributed by atoms with van der Waals surface area (Å²) in [4.78, 5) is 27.4. The van der Waals surface area contributed by atoms with Gasteiger partial charge in [0.25, 0.3) is 0 Å². The Bertz CT molecular complexity index is 1310. The van der Waals surface area contributed by atoms with Crippen LogP contribution in [0.4, 0.5) is 0 Å². The lowest BCUT2D eigenvalue weighted by atomic mass is 9.71. The van der Waals surface area contributed by atoms with Crippen LogP contribution in [-0.4, -0.2) is 39.2 Å². The third kappa shape index (κ3) is 5.32. The highest BCUT2D eigenvalue weighted by Gasteiger charge is 2.42. The number of hydrogen-bond donors (Lipinski definition) is 1.